The van der Waals surface area contributed by atoms with Gasteiger partial charge in [0.15, 0.2) is 0 Å². The summed E-state index contributed by atoms with van der Waals surface area (Å²) in [5.74, 6) is 1.21. The van der Waals surface area contributed by atoms with Crippen molar-refractivity contribution in [3.63, 3.8) is 0 Å². The average molecular weight is 247 g/mol. The maximum Gasteiger partial charge on any atom is 0.139 e. The van der Waals surface area contributed by atoms with Gasteiger partial charge in [-0.3, -0.25) is 4.98 Å². The van der Waals surface area contributed by atoms with E-state index in [0.29, 0.717) is 23.7 Å². The van der Waals surface area contributed by atoms with Crippen LogP contribution in [0, 0.1) is 6.92 Å². The van der Waals surface area contributed by atoms with Gasteiger partial charge in [0.25, 0.3) is 0 Å². The first kappa shape index (κ1) is 12.6. The Bertz CT molecular complexity index is 507. The van der Waals surface area contributed by atoms with E-state index >= 15 is 0 Å². The number of nitrogens with zero attached hydrogens (tertiary/aromatic N) is 1. The van der Waals surface area contributed by atoms with Gasteiger partial charge in [0.2, 0.25) is 0 Å². The maximum atomic E-state index is 10.2. The van der Waals surface area contributed by atoms with E-state index in [9.17, 15) is 5.11 Å². The molecule has 1 N–H and O–H groups in total. The summed E-state index contributed by atoms with van der Waals surface area (Å²) < 4.78 is 10.8. The van der Waals surface area contributed by atoms with Crippen molar-refractivity contribution < 1.29 is 14.3 Å². The molecule has 4 heteroatoms. The standard InChI is InChI=1S/C14H17NO3/c1-3-5-17-12-7-11(8-15-9-12)13(16)14-10(2)4-6-18-14/h4,6-9,13,16H,3,5H2,1-2H3. The minimum atomic E-state index is -0.808. The van der Waals surface area contributed by atoms with Crippen LogP contribution < -0.4 is 4.74 Å². The van der Waals surface area contributed by atoms with Crippen LogP contribution in [0.3, 0.4) is 0 Å². The van der Waals surface area contributed by atoms with Crippen LogP contribution in [0.25, 0.3) is 0 Å². The van der Waals surface area contributed by atoms with E-state index < -0.39 is 6.10 Å². The number of rotatable bonds is 5. The fourth-order valence-corrected chi connectivity index (χ4v) is 1.70. The van der Waals surface area contributed by atoms with Gasteiger partial charge in [0.1, 0.15) is 17.6 Å². The third-order valence-electron chi connectivity index (χ3n) is 2.67. The lowest BCUT2D eigenvalue weighted by atomic mass is 10.1. The van der Waals surface area contributed by atoms with E-state index in [0.717, 1.165) is 12.0 Å². The molecular formula is C14H17NO3. The van der Waals surface area contributed by atoms with Crippen LogP contribution in [-0.2, 0) is 0 Å². The number of aryl methyl sites for hydroxylation is 1. The van der Waals surface area contributed by atoms with Gasteiger partial charge >= 0.3 is 0 Å². The van der Waals surface area contributed by atoms with Gasteiger partial charge in [-0.15, -0.1) is 0 Å². The Balaban J connectivity index is 2.20. The Hall–Kier alpha value is -1.81. The number of hydrogen-bond donors (Lipinski definition) is 1. The summed E-state index contributed by atoms with van der Waals surface area (Å²) in [6, 6.07) is 3.61. The van der Waals surface area contributed by atoms with Crippen molar-refractivity contribution in [2.75, 3.05) is 6.61 Å². The molecule has 2 aromatic rings. The van der Waals surface area contributed by atoms with Gasteiger partial charge in [0.05, 0.1) is 19.1 Å². The van der Waals surface area contributed by atoms with E-state index in [2.05, 4.69) is 4.98 Å². The number of ether oxygens (including phenoxy) is 1. The normalized spacial score (nSPS) is 12.4. The third kappa shape index (κ3) is 2.71. The van der Waals surface area contributed by atoms with Crippen molar-refractivity contribution in [1.29, 1.82) is 0 Å². The first-order valence-corrected chi connectivity index (χ1v) is 6.02. The van der Waals surface area contributed by atoms with Crippen LogP contribution in [0.1, 0.15) is 36.3 Å². The van der Waals surface area contributed by atoms with Crippen LogP contribution in [0.4, 0.5) is 0 Å². The highest BCUT2D eigenvalue weighted by Gasteiger charge is 2.17. The second kappa shape index (κ2) is 5.69. The molecule has 96 valence electrons. The SMILES string of the molecule is CCCOc1cncc(C(O)c2occc2C)c1. The molecule has 2 aromatic heterocycles. The van der Waals surface area contributed by atoms with Crippen LogP contribution in [0.2, 0.25) is 0 Å². The molecular weight excluding hydrogens is 230 g/mol. The molecule has 4 nitrogen and oxygen atoms in total. The van der Waals surface area contributed by atoms with Crippen LogP contribution in [0.5, 0.6) is 5.75 Å². The van der Waals surface area contributed by atoms with Crippen molar-refractivity contribution in [1.82, 2.24) is 4.98 Å². The number of aliphatic hydroxyl groups excluding tert-OH is 1. The van der Waals surface area contributed by atoms with Crippen LogP contribution in [-0.4, -0.2) is 16.7 Å². The van der Waals surface area contributed by atoms with Crippen molar-refractivity contribution in [3.05, 3.63) is 47.7 Å². The highest BCUT2D eigenvalue weighted by atomic mass is 16.5. The smallest absolute Gasteiger partial charge is 0.139 e. The van der Waals surface area contributed by atoms with Gasteiger partial charge in [-0.25, -0.2) is 0 Å². The number of aliphatic hydroxyl groups is 1. The summed E-state index contributed by atoms with van der Waals surface area (Å²) in [5, 5.41) is 10.2. The van der Waals surface area contributed by atoms with E-state index in [-0.39, 0.29) is 0 Å². The quantitative estimate of drug-likeness (QED) is 0.882. The zero-order chi connectivity index (χ0) is 13.0. The van der Waals surface area contributed by atoms with Gasteiger partial charge in [-0.2, -0.15) is 0 Å². The molecule has 1 unspecified atom stereocenters. The van der Waals surface area contributed by atoms with Gasteiger partial charge in [-0.1, -0.05) is 6.92 Å². The minimum absolute atomic E-state index is 0.546. The Morgan fingerprint density at radius 2 is 2.28 bits per heavy atom. The van der Waals surface area contributed by atoms with Crippen molar-refractivity contribution in [2.45, 2.75) is 26.4 Å². The molecule has 0 aromatic carbocycles. The van der Waals surface area contributed by atoms with Crippen molar-refractivity contribution >= 4 is 0 Å². The molecule has 2 heterocycles. The lowest BCUT2D eigenvalue weighted by Crippen LogP contribution is -2.02. The average Bonchev–Trinajstić information content (AvgIpc) is 2.82. The number of aromatic nitrogens is 1. The molecule has 0 amide bonds. The monoisotopic (exact) mass is 247 g/mol. The Morgan fingerprint density at radius 1 is 1.44 bits per heavy atom. The summed E-state index contributed by atoms with van der Waals surface area (Å²) in [7, 11) is 0. The van der Waals surface area contributed by atoms with Gasteiger partial charge in [-0.05, 0) is 31.0 Å². The van der Waals surface area contributed by atoms with E-state index in [1.54, 1.807) is 24.7 Å². The topological polar surface area (TPSA) is 55.5 Å². The van der Waals surface area contributed by atoms with Crippen LogP contribution in [0.15, 0.2) is 35.2 Å². The largest absolute Gasteiger partial charge is 0.492 e. The molecule has 0 radical (unpaired) electrons. The first-order valence-electron chi connectivity index (χ1n) is 6.02. The van der Waals surface area contributed by atoms with E-state index in [1.807, 2.05) is 19.9 Å². The molecule has 1 atom stereocenters. The molecule has 0 aliphatic rings. The molecule has 0 bridgehead atoms. The molecule has 18 heavy (non-hydrogen) atoms. The predicted octanol–water partition coefficient (Wildman–Crippen LogP) is 2.85. The molecule has 0 fully saturated rings. The molecule has 0 saturated carbocycles. The second-order valence-corrected chi connectivity index (χ2v) is 4.17. The fourth-order valence-electron chi connectivity index (χ4n) is 1.70. The Kier molecular flexibility index (Phi) is 3.99. The highest BCUT2D eigenvalue weighted by molar-refractivity contribution is 5.31. The maximum absolute atomic E-state index is 10.2. The summed E-state index contributed by atoms with van der Waals surface area (Å²) in [4.78, 5) is 4.07. The Labute approximate surface area is 106 Å². The first-order chi connectivity index (χ1) is 8.72. The lowest BCUT2D eigenvalue weighted by Gasteiger charge is -2.11. The van der Waals surface area contributed by atoms with Crippen molar-refractivity contribution in [2.24, 2.45) is 0 Å². The van der Waals surface area contributed by atoms with Gasteiger partial charge < -0.3 is 14.3 Å². The molecule has 0 saturated heterocycles. The summed E-state index contributed by atoms with van der Waals surface area (Å²) in [6.07, 6.45) is 4.95. The zero-order valence-electron chi connectivity index (χ0n) is 10.6. The van der Waals surface area contributed by atoms with Crippen molar-refractivity contribution in [3.8, 4) is 5.75 Å². The zero-order valence-corrected chi connectivity index (χ0v) is 10.6. The number of pyridine rings is 1. The summed E-state index contributed by atoms with van der Waals surface area (Å²) in [6.45, 7) is 4.58. The lowest BCUT2D eigenvalue weighted by molar-refractivity contribution is 0.187. The van der Waals surface area contributed by atoms with E-state index in [4.69, 9.17) is 9.15 Å². The highest BCUT2D eigenvalue weighted by Crippen LogP contribution is 2.26. The number of furan rings is 1. The molecule has 2 rings (SSSR count). The van der Waals surface area contributed by atoms with E-state index in [1.165, 1.54) is 0 Å². The Morgan fingerprint density at radius 3 is 2.94 bits per heavy atom. The molecule has 0 aliphatic carbocycles. The minimum Gasteiger partial charge on any atom is -0.492 e. The third-order valence-corrected chi connectivity index (χ3v) is 2.67. The number of hydrogen-bond acceptors (Lipinski definition) is 4. The molecule has 0 spiro atoms. The summed E-state index contributed by atoms with van der Waals surface area (Å²) >= 11 is 0. The molecule has 0 aliphatic heterocycles. The fraction of sp³-hybridized carbons (Fsp3) is 0.357. The second-order valence-electron chi connectivity index (χ2n) is 4.17. The van der Waals surface area contributed by atoms with Gasteiger partial charge in [0, 0.05) is 11.8 Å². The van der Waals surface area contributed by atoms with Crippen LogP contribution >= 0.6 is 0 Å². The summed E-state index contributed by atoms with van der Waals surface area (Å²) in [5.41, 5.74) is 1.59. The predicted molar refractivity (Wildman–Crippen MR) is 67.5 cm³/mol.